The number of hydrogen-bond donors (Lipinski definition) is 0. The number of methoxy groups -OCH3 is 1. The monoisotopic (exact) mass is 164 g/mol. The fraction of sp³-hybridized carbons (Fsp3) is 0.300. The minimum Gasteiger partial charge on any atom is -0.497 e. The lowest BCUT2D eigenvalue weighted by molar-refractivity contribution is -0.426. The van der Waals surface area contributed by atoms with Crippen molar-refractivity contribution >= 4 is 12.4 Å². The lowest BCUT2D eigenvalue weighted by Gasteiger charge is -1.99. The van der Waals surface area contributed by atoms with Crippen LogP contribution in [0.3, 0.4) is 0 Å². The van der Waals surface area contributed by atoms with Gasteiger partial charge in [0.25, 0.3) is 0 Å². The van der Waals surface area contributed by atoms with Gasteiger partial charge in [-0.15, -0.1) is 0 Å². The molecule has 0 bridgehead atoms. The first-order valence-electron chi connectivity index (χ1n) is 4.00. The molecule has 0 saturated carbocycles. The molecule has 0 saturated heterocycles. The summed E-state index contributed by atoms with van der Waals surface area (Å²) < 4.78 is 6.97. The molecule has 0 aliphatic rings. The second-order valence-electron chi connectivity index (χ2n) is 2.55. The van der Waals surface area contributed by atoms with E-state index in [2.05, 4.69) is 13.6 Å². The normalized spacial score (nSPS) is 9.50. The van der Waals surface area contributed by atoms with Crippen molar-refractivity contribution in [1.29, 1.82) is 0 Å². The first-order valence-corrected chi connectivity index (χ1v) is 4.00. The lowest BCUT2D eigenvalue weighted by atomic mass is 10.3. The van der Waals surface area contributed by atoms with Gasteiger partial charge in [-0.3, -0.25) is 0 Å². The van der Waals surface area contributed by atoms with E-state index in [-0.39, 0.29) is 0 Å². The molecule has 0 atom stereocenters. The van der Waals surface area contributed by atoms with E-state index in [9.17, 15) is 0 Å². The Labute approximate surface area is 73.1 Å². The minimum absolute atomic E-state index is 0.878. The van der Waals surface area contributed by atoms with Gasteiger partial charge in [0.15, 0.2) is 0 Å². The van der Waals surface area contributed by atoms with E-state index in [0.717, 1.165) is 18.0 Å². The maximum Gasteiger partial charge on any atom is 0.204 e. The Bertz CT molecular complexity index is 264. The zero-order valence-electron chi connectivity index (χ0n) is 7.58. The molecule has 1 aromatic carbocycles. The highest BCUT2D eigenvalue weighted by atomic mass is 16.5. The van der Waals surface area contributed by atoms with E-state index in [1.165, 1.54) is 0 Å². The van der Waals surface area contributed by atoms with Crippen molar-refractivity contribution in [3.63, 3.8) is 0 Å². The summed E-state index contributed by atoms with van der Waals surface area (Å²) in [5, 5.41) is 0. The fourth-order valence-corrected chi connectivity index (χ4v) is 0.976. The summed E-state index contributed by atoms with van der Waals surface area (Å²) in [6.45, 7) is 6.85. The van der Waals surface area contributed by atoms with Crippen LogP contribution in [-0.2, 0) is 0 Å². The molecule has 0 aromatic heterocycles. The SMILES string of the molecule is C=[N+](CC)c1ccc(OC)cc1. The Kier molecular flexibility index (Phi) is 2.86. The third-order valence-corrected chi connectivity index (χ3v) is 1.82. The average Bonchev–Trinajstić information content (AvgIpc) is 2.17. The van der Waals surface area contributed by atoms with Crippen molar-refractivity contribution in [2.75, 3.05) is 13.7 Å². The second-order valence-corrected chi connectivity index (χ2v) is 2.55. The van der Waals surface area contributed by atoms with Gasteiger partial charge in [-0.25, -0.2) is 4.58 Å². The minimum atomic E-state index is 0.878. The van der Waals surface area contributed by atoms with Gasteiger partial charge in [0, 0.05) is 12.1 Å². The second kappa shape index (κ2) is 3.90. The van der Waals surface area contributed by atoms with E-state index >= 15 is 0 Å². The first kappa shape index (κ1) is 8.78. The van der Waals surface area contributed by atoms with E-state index in [1.54, 1.807) is 7.11 Å². The zero-order chi connectivity index (χ0) is 8.97. The average molecular weight is 164 g/mol. The van der Waals surface area contributed by atoms with E-state index in [0.29, 0.717) is 0 Å². The molecule has 1 aromatic rings. The van der Waals surface area contributed by atoms with Gasteiger partial charge >= 0.3 is 0 Å². The quantitative estimate of drug-likeness (QED) is 0.492. The zero-order valence-corrected chi connectivity index (χ0v) is 7.58. The Hall–Kier alpha value is -1.31. The topological polar surface area (TPSA) is 12.2 Å². The first-order chi connectivity index (χ1) is 5.77. The van der Waals surface area contributed by atoms with Crippen LogP contribution in [0.4, 0.5) is 5.69 Å². The molecule has 0 fully saturated rings. The Balaban J connectivity index is 2.84. The standard InChI is InChI=1S/C10H14NO/c1-4-11(2)9-5-7-10(12-3)8-6-9/h5-8H,2,4H2,1,3H3/q+1. The van der Waals surface area contributed by atoms with Crippen LogP contribution in [0.2, 0.25) is 0 Å². The van der Waals surface area contributed by atoms with Crippen LogP contribution >= 0.6 is 0 Å². The van der Waals surface area contributed by atoms with Crippen molar-refractivity contribution in [2.24, 2.45) is 0 Å². The molecule has 2 heteroatoms. The summed E-state index contributed by atoms with van der Waals surface area (Å²) in [4.78, 5) is 0. The van der Waals surface area contributed by atoms with E-state index in [1.807, 2.05) is 28.8 Å². The Morgan fingerprint density at radius 2 is 1.92 bits per heavy atom. The van der Waals surface area contributed by atoms with Gasteiger partial charge < -0.3 is 4.74 Å². The maximum absolute atomic E-state index is 5.04. The molecule has 0 unspecified atom stereocenters. The summed E-state index contributed by atoms with van der Waals surface area (Å²) in [6, 6.07) is 7.86. The number of hydrogen-bond acceptors (Lipinski definition) is 1. The molecule has 0 amide bonds. The molecule has 0 spiro atoms. The van der Waals surface area contributed by atoms with Crippen LogP contribution in [0.5, 0.6) is 5.75 Å². The maximum atomic E-state index is 5.04. The predicted molar refractivity (Wildman–Crippen MR) is 50.6 cm³/mol. The van der Waals surface area contributed by atoms with Crippen molar-refractivity contribution in [1.82, 2.24) is 0 Å². The summed E-state index contributed by atoms with van der Waals surface area (Å²) >= 11 is 0. The highest BCUT2D eigenvalue weighted by Gasteiger charge is 2.01. The van der Waals surface area contributed by atoms with Crippen LogP contribution in [-0.4, -0.2) is 24.9 Å². The number of rotatable bonds is 3. The number of nitrogens with zero attached hydrogens (tertiary/aromatic N) is 1. The van der Waals surface area contributed by atoms with Gasteiger partial charge in [-0.1, -0.05) is 0 Å². The van der Waals surface area contributed by atoms with Crippen molar-refractivity contribution < 1.29 is 9.31 Å². The van der Waals surface area contributed by atoms with Gasteiger partial charge in [0.05, 0.1) is 7.11 Å². The van der Waals surface area contributed by atoms with Gasteiger partial charge in [0.2, 0.25) is 5.69 Å². The fourth-order valence-electron chi connectivity index (χ4n) is 0.976. The van der Waals surface area contributed by atoms with Gasteiger partial charge in [0.1, 0.15) is 19.0 Å². The lowest BCUT2D eigenvalue weighted by Crippen LogP contribution is -1.99. The van der Waals surface area contributed by atoms with Crippen LogP contribution in [0.15, 0.2) is 24.3 Å². The molecular weight excluding hydrogens is 150 g/mol. The molecule has 0 aliphatic carbocycles. The van der Waals surface area contributed by atoms with Gasteiger partial charge in [-0.05, 0) is 19.1 Å². The third kappa shape index (κ3) is 1.84. The number of benzene rings is 1. The van der Waals surface area contributed by atoms with Gasteiger partial charge in [-0.2, -0.15) is 0 Å². The Morgan fingerprint density at radius 3 is 2.33 bits per heavy atom. The van der Waals surface area contributed by atoms with Crippen molar-refractivity contribution in [3.8, 4) is 5.75 Å². The van der Waals surface area contributed by atoms with Crippen LogP contribution < -0.4 is 4.74 Å². The molecule has 0 radical (unpaired) electrons. The molecular formula is C10H14NO+. The molecule has 1 rings (SSSR count). The summed E-state index contributed by atoms with van der Waals surface area (Å²) in [5.74, 6) is 0.878. The predicted octanol–water partition coefficient (Wildman–Crippen LogP) is 2.06. The van der Waals surface area contributed by atoms with E-state index in [4.69, 9.17) is 4.74 Å². The highest BCUT2D eigenvalue weighted by molar-refractivity contribution is 5.38. The molecule has 2 nitrogen and oxygen atoms in total. The highest BCUT2D eigenvalue weighted by Crippen LogP contribution is 2.16. The molecule has 0 N–H and O–H groups in total. The van der Waals surface area contributed by atoms with Crippen molar-refractivity contribution in [3.05, 3.63) is 24.3 Å². The smallest absolute Gasteiger partial charge is 0.204 e. The largest absolute Gasteiger partial charge is 0.497 e. The van der Waals surface area contributed by atoms with Crippen LogP contribution in [0.25, 0.3) is 0 Å². The van der Waals surface area contributed by atoms with Crippen LogP contribution in [0.1, 0.15) is 6.92 Å². The number of ether oxygens (including phenoxy) is 1. The van der Waals surface area contributed by atoms with E-state index < -0.39 is 0 Å². The van der Waals surface area contributed by atoms with Crippen molar-refractivity contribution in [2.45, 2.75) is 6.92 Å². The molecule has 12 heavy (non-hydrogen) atoms. The summed E-state index contributed by atoms with van der Waals surface area (Å²) in [7, 11) is 1.66. The third-order valence-electron chi connectivity index (χ3n) is 1.82. The summed E-state index contributed by atoms with van der Waals surface area (Å²) in [5.41, 5.74) is 1.11. The summed E-state index contributed by atoms with van der Waals surface area (Å²) in [6.07, 6.45) is 0. The molecule has 0 heterocycles. The van der Waals surface area contributed by atoms with Crippen LogP contribution in [0, 0.1) is 0 Å². The Morgan fingerprint density at radius 1 is 1.33 bits per heavy atom. The molecule has 0 aliphatic heterocycles. The molecule has 64 valence electrons.